The molecular weight excluding hydrogens is 424 g/mol. The Bertz CT molecular complexity index is 1230. The van der Waals surface area contributed by atoms with Crippen molar-refractivity contribution in [1.29, 1.82) is 0 Å². The summed E-state index contributed by atoms with van der Waals surface area (Å²) in [5, 5.41) is 0. The first kappa shape index (κ1) is 21.4. The number of aromatic nitrogens is 2. The Morgan fingerprint density at radius 3 is 2.69 bits per heavy atom. The van der Waals surface area contributed by atoms with E-state index in [2.05, 4.69) is 47.6 Å². The van der Waals surface area contributed by atoms with Crippen molar-refractivity contribution >= 4 is 26.7 Å². The van der Waals surface area contributed by atoms with Crippen LogP contribution in [0.2, 0.25) is 0 Å². The molecule has 0 spiro atoms. The molecule has 7 nitrogen and oxygen atoms in total. The van der Waals surface area contributed by atoms with E-state index in [0.29, 0.717) is 43.8 Å². The van der Waals surface area contributed by atoms with Crippen molar-refractivity contribution in [3.63, 3.8) is 0 Å². The molecule has 3 heterocycles. The molecule has 0 saturated carbocycles. The zero-order chi connectivity index (χ0) is 22.3. The number of rotatable bonds is 5. The molecule has 2 aromatic carbocycles. The van der Waals surface area contributed by atoms with Gasteiger partial charge in [-0.3, -0.25) is 0 Å². The van der Waals surface area contributed by atoms with Crippen molar-refractivity contribution < 1.29 is 13.2 Å². The highest BCUT2D eigenvalue weighted by atomic mass is 32.2. The first-order valence-corrected chi connectivity index (χ1v) is 12.8. The molecule has 1 aromatic heterocycles. The fraction of sp³-hybridized carbons (Fsp3) is 0.458. The van der Waals surface area contributed by atoms with Crippen LogP contribution in [0, 0.1) is 0 Å². The van der Waals surface area contributed by atoms with E-state index in [-0.39, 0.29) is 0 Å². The lowest BCUT2D eigenvalue weighted by Crippen LogP contribution is -2.40. The van der Waals surface area contributed by atoms with Gasteiger partial charge in [0.15, 0.2) is 0 Å². The number of imidazole rings is 1. The SMILES string of the molecule is CCn1c(CN2c3ccccc3CC[C@@H]2C)nc2cc(S(=O)(=O)N3CCOCC3)ccc21. The molecule has 2 aliphatic rings. The van der Waals surface area contributed by atoms with Gasteiger partial charge in [-0.25, -0.2) is 13.4 Å². The maximum atomic E-state index is 13.1. The van der Waals surface area contributed by atoms with Gasteiger partial charge in [0.2, 0.25) is 10.0 Å². The molecule has 0 radical (unpaired) electrons. The second-order valence-electron chi connectivity index (χ2n) is 8.58. The number of nitrogens with zero attached hydrogens (tertiary/aromatic N) is 4. The Labute approximate surface area is 189 Å². The number of fused-ring (bicyclic) bond motifs is 2. The minimum absolute atomic E-state index is 0.302. The van der Waals surface area contributed by atoms with E-state index in [0.717, 1.165) is 36.2 Å². The molecule has 3 aromatic rings. The summed E-state index contributed by atoms with van der Waals surface area (Å²) in [6.45, 7) is 7.51. The third kappa shape index (κ3) is 3.70. The summed E-state index contributed by atoms with van der Waals surface area (Å²) >= 11 is 0. The van der Waals surface area contributed by atoms with Gasteiger partial charge in [-0.15, -0.1) is 0 Å². The quantitative estimate of drug-likeness (QED) is 0.591. The lowest BCUT2D eigenvalue weighted by atomic mass is 9.96. The summed E-state index contributed by atoms with van der Waals surface area (Å²) in [6.07, 6.45) is 2.21. The van der Waals surface area contributed by atoms with Crippen molar-refractivity contribution in [2.45, 2.75) is 50.7 Å². The molecule has 170 valence electrons. The number of para-hydroxylation sites is 1. The fourth-order valence-electron chi connectivity index (χ4n) is 4.88. The Hall–Kier alpha value is -2.42. The fourth-order valence-corrected chi connectivity index (χ4v) is 6.31. The van der Waals surface area contributed by atoms with Gasteiger partial charge in [-0.05, 0) is 56.5 Å². The standard InChI is InChI=1S/C24H30N4O3S/c1-3-27-23-11-10-20(32(29,30)26-12-14-31-15-13-26)16-21(23)25-24(27)17-28-18(2)8-9-19-6-4-5-7-22(19)28/h4-7,10-11,16,18H,3,8-9,12-15,17H2,1-2H3/t18-/m0/s1. The van der Waals surface area contributed by atoms with Gasteiger partial charge in [0.25, 0.3) is 0 Å². The van der Waals surface area contributed by atoms with Gasteiger partial charge in [0.1, 0.15) is 5.82 Å². The molecule has 2 aliphatic heterocycles. The molecular formula is C24H30N4O3S. The van der Waals surface area contributed by atoms with Crippen LogP contribution in [-0.4, -0.2) is 54.6 Å². The number of anilines is 1. The molecule has 0 bridgehead atoms. The second kappa shape index (κ2) is 8.50. The summed E-state index contributed by atoms with van der Waals surface area (Å²) in [5.41, 5.74) is 4.36. The van der Waals surface area contributed by atoms with Crippen molar-refractivity contribution in [1.82, 2.24) is 13.9 Å². The summed E-state index contributed by atoms with van der Waals surface area (Å²) < 4.78 is 35.2. The van der Waals surface area contributed by atoms with Crippen LogP contribution in [0.4, 0.5) is 5.69 Å². The highest BCUT2D eigenvalue weighted by molar-refractivity contribution is 7.89. The first-order valence-electron chi connectivity index (χ1n) is 11.4. The van der Waals surface area contributed by atoms with E-state index >= 15 is 0 Å². The lowest BCUT2D eigenvalue weighted by Gasteiger charge is -2.37. The highest BCUT2D eigenvalue weighted by Crippen LogP contribution is 2.32. The van der Waals surface area contributed by atoms with E-state index < -0.39 is 10.0 Å². The molecule has 1 atom stereocenters. The minimum Gasteiger partial charge on any atom is -0.379 e. The second-order valence-corrected chi connectivity index (χ2v) is 10.5. The Morgan fingerprint density at radius 2 is 1.91 bits per heavy atom. The maximum absolute atomic E-state index is 13.1. The van der Waals surface area contributed by atoms with Crippen molar-refractivity contribution in [3.05, 3.63) is 53.9 Å². The molecule has 0 aliphatic carbocycles. The largest absolute Gasteiger partial charge is 0.379 e. The average Bonchev–Trinajstić information content (AvgIpc) is 3.17. The topological polar surface area (TPSA) is 67.7 Å². The third-order valence-electron chi connectivity index (χ3n) is 6.70. The van der Waals surface area contributed by atoms with E-state index in [1.807, 2.05) is 6.07 Å². The monoisotopic (exact) mass is 454 g/mol. The van der Waals surface area contributed by atoms with Gasteiger partial charge in [-0.1, -0.05) is 18.2 Å². The van der Waals surface area contributed by atoms with Crippen LogP contribution in [0.25, 0.3) is 11.0 Å². The minimum atomic E-state index is -3.55. The average molecular weight is 455 g/mol. The number of hydrogen-bond donors (Lipinski definition) is 0. The third-order valence-corrected chi connectivity index (χ3v) is 8.59. The van der Waals surface area contributed by atoms with E-state index in [1.165, 1.54) is 15.6 Å². The Morgan fingerprint density at radius 1 is 1.12 bits per heavy atom. The molecule has 32 heavy (non-hydrogen) atoms. The van der Waals surface area contributed by atoms with Gasteiger partial charge in [0.05, 0.1) is 35.7 Å². The van der Waals surface area contributed by atoms with Crippen LogP contribution >= 0.6 is 0 Å². The number of ether oxygens (including phenoxy) is 1. The zero-order valence-electron chi connectivity index (χ0n) is 18.7. The molecule has 1 saturated heterocycles. The number of sulfonamides is 1. The van der Waals surface area contributed by atoms with Crippen molar-refractivity contribution in [2.75, 3.05) is 31.2 Å². The number of morpholine rings is 1. The normalized spacial score (nSPS) is 19.9. The van der Waals surface area contributed by atoms with Gasteiger partial charge >= 0.3 is 0 Å². The van der Waals surface area contributed by atoms with Crippen molar-refractivity contribution in [2.24, 2.45) is 0 Å². The van der Waals surface area contributed by atoms with Crippen LogP contribution in [-0.2, 0) is 34.3 Å². The van der Waals surface area contributed by atoms with Gasteiger partial charge in [0, 0.05) is 31.4 Å². The first-order chi connectivity index (χ1) is 15.5. The smallest absolute Gasteiger partial charge is 0.243 e. The van der Waals surface area contributed by atoms with E-state index in [9.17, 15) is 8.42 Å². The molecule has 0 amide bonds. The predicted molar refractivity (Wildman–Crippen MR) is 125 cm³/mol. The van der Waals surface area contributed by atoms with Crippen LogP contribution in [0.15, 0.2) is 47.4 Å². The van der Waals surface area contributed by atoms with Crippen LogP contribution in [0.5, 0.6) is 0 Å². The van der Waals surface area contributed by atoms with Crippen LogP contribution < -0.4 is 4.90 Å². The summed E-state index contributed by atoms with van der Waals surface area (Å²) in [7, 11) is -3.55. The summed E-state index contributed by atoms with van der Waals surface area (Å²) in [6, 6.07) is 14.4. The highest BCUT2D eigenvalue weighted by Gasteiger charge is 2.28. The van der Waals surface area contributed by atoms with Gasteiger partial charge < -0.3 is 14.2 Å². The van der Waals surface area contributed by atoms with Crippen LogP contribution in [0.1, 0.15) is 31.7 Å². The van der Waals surface area contributed by atoms with Crippen molar-refractivity contribution in [3.8, 4) is 0 Å². The van der Waals surface area contributed by atoms with E-state index in [1.54, 1.807) is 12.1 Å². The molecule has 1 fully saturated rings. The number of benzene rings is 2. The Balaban J connectivity index is 1.51. The molecule has 5 rings (SSSR count). The molecule has 8 heteroatoms. The molecule has 0 unspecified atom stereocenters. The zero-order valence-corrected chi connectivity index (χ0v) is 19.5. The maximum Gasteiger partial charge on any atom is 0.243 e. The summed E-state index contributed by atoms with van der Waals surface area (Å²) in [4.78, 5) is 7.65. The Kier molecular flexibility index (Phi) is 5.69. The summed E-state index contributed by atoms with van der Waals surface area (Å²) in [5.74, 6) is 0.965. The van der Waals surface area contributed by atoms with E-state index in [4.69, 9.17) is 9.72 Å². The molecule has 0 N–H and O–H groups in total. The number of hydrogen-bond acceptors (Lipinski definition) is 5. The predicted octanol–water partition coefficient (Wildman–Crippen LogP) is 3.42. The van der Waals surface area contributed by atoms with Crippen LogP contribution in [0.3, 0.4) is 0 Å². The lowest BCUT2D eigenvalue weighted by molar-refractivity contribution is 0.0730. The number of aryl methyl sites for hydroxylation is 2. The van der Waals surface area contributed by atoms with Gasteiger partial charge in [-0.2, -0.15) is 4.31 Å².